The monoisotopic (exact) mass is 385 g/mol. The van der Waals surface area contributed by atoms with Gasteiger partial charge in [-0.25, -0.2) is 9.78 Å². The summed E-state index contributed by atoms with van der Waals surface area (Å²) >= 11 is 3.09. The number of halogens is 2. The predicted molar refractivity (Wildman–Crippen MR) is 85.1 cm³/mol. The Balaban J connectivity index is 2.10. The summed E-state index contributed by atoms with van der Waals surface area (Å²) in [4.78, 5) is 18.3. The number of hydrogen-bond acceptors (Lipinski definition) is 4. The highest BCUT2D eigenvalue weighted by Gasteiger charge is 2.48. The Kier molecular flexibility index (Phi) is 4.81. The summed E-state index contributed by atoms with van der Waals surface area (Å²) in [5, 5.41) is 6.44. The van der Waals surface area contributed by atoms with Gasteiger partial charge in [-0.3, -0.25) is 0 Å². The van der Waals surface area contributed by atoms with Crippen LogP contribution in [0.1, 0.15) is 39.2 Å². The van der Waals surface area contributed by atoms with Gasteiger partial charge in [0, 0.05) is 16.5 Å². The number of nitrogens with zero attached hydrogens (tertiary/aromatic N) is 4. The molecule has 1 amide bonds. The number of aromatic nitrogens is 1. The highest BCUT2D eigenvalue weighted by Crippen LogP contribution is 2.46. The van der Waals surface area contributed by atoms with Crippen LogP contribution in [0.3, 0.4) is 0 Å². The normalized spacial score (nSPS) is 23.4. The van der Waals surface area contributed by atoms with E-state index in [2.05, 4.69) is 36.3 Å². The summed E-state index contributed by atoms with van der Waals surface area (Å²) < 4.78 is 19.6. The average molecular weight is 386 g/mol. The van der Waals surface area contributed by atoms with E-state index in [0.29, 0.717) is 4.60 Å². The lowest BCUT2D eigenvalue weighted by atomic mass is 9.69. The minimum atomic E-state index is -1.04. The number of nitrogens with one attached hydrogen (secondary N) is 1. The molecule has 124 valence electrons. The van der Waals surface area contributed by atoms with Crippen molar-refractivity contribution in [3.05, 3.63) is 38.7 Å². The molecule has 0 saturated heterocycles. The first-order chi connectivity index (χ1) is 10.6. The highest BCUT2D eigenvalue weighted by molar-refractivity contribution is 9.10. The Bertz CT molecular complexity index is 664. The van der Waals surface area contributed by atoms with Crippen LogP contribution in [0.5, 0.6) is 0 Å². The molecule has 23 heavy (non-hydrogen) atoms. The quantitative estimate of drug-likeness (QED) is 0.365. The number of carbonyl (C=O) groups is 1. The molecule has 1 fully saturated rings. The lowest BCUT2D eigenvalue weighted by Crippen LogP contribution is -2.53. The van der Waals surface area contributed by atoms with Gasteiger partial charge < -0.3 is 10.1 Å². The molecule has 9 heteroatoms. The van der Waals surface area contributed by atoms with E-state index in [9.17, 15) is 9.18 Å². The van der Waals surface area contributed by atoms with E-state index in [4.69, 9.17) is 10.3 Å². The van der Waals surface area contributed by atoms with Gasteiger partial charge in [-0.15, -0.1) is 0 Å². The van der Waals surface area contributed by atoms with Gasteiger partial charge in [0.1, 0.15) is 10.2 Å². The van der Waals surface area contributed by atoms with E-state index in [-0.39, 0.29) is 24.4 Å². The molecule has 1 aliphatic rings. The first kappa shape index (κ1) is 17.5. The number of hydrogen-bond donors (Lipinski definition) is 1. The number of ether oxygens (including phenoxy) is 1. The fraction of sp³-hybridized carbons (Fsp3) is 0.571. The zero-order valence-electron chi connectivity index (χ0n) is 13.0. The SMILES string of the molecule is CC(C)(C)OC(=O)NC1CC(N=[N+]=[N-])(c2ccc(Br)nc2F)C1. The number of amides is 1. The van der Waals surface area contributed by atoms with Gasteiger partial charge in [-0.1, -0.05) is 11.2 Å². The van der Waals surface area contributed by atoms with Crippen molar-refractivity contribution in [1.82, 2.24) is 10.3 Å². The maximum absolute atomic E-state index is 14.1. The summed E-state index contributed by atoms with van der Waals surface area (Å²) in [7, 11) is 0. The summed E-state index contributed by atoms with van der Waals surface area (Å²) in [5.74, 6) is -0.692. The van der Waals surface area contributed by atoms with Gasteiger partial charge in [0.2, 0.25) is 5.95 Å². The van der Waals surface area contributed by atoms with Crippen molar-refractivity contribution in [2.24, 2.45) is 5.11 Å². The Hall–Kier alpha value is -1.86. The third-order valence-corrected chi connectivity index (χ3v) is 3.88. The zero-order valence-corrected chi connectivity index (χ0v) is 14.6. The smallest absolute Gasteiger partial charge is 0.407 e. The average Bonchev–Trinajstić information content (AvgIpc) is 2.33. The Morgan fingerprint density at radius 3 is 2.74 bits per heavy atom. The van der Waals surface area contributed by atoms with Gasteiger partial charge in [-0.05, 0) is 61.1 Å². The van der Waals surface area contributed by atoms with Crippen LogP contribution in [-0.4, -0.2) is 22.7 Å². The number of carbonyl (C=O) groups excluding carboxylic acids is 1. The Morgan fingerprint density at radius 2 is 2.22 bits per heavy atom. The van der Waals surface area contributed by atoms with E-state index in [1.807, 2.05) is 0 Å². The van der Waals surface area contributed by atoms with Crippen LogP contribution < -0.4 is 5.32 Å². The fourth-order valence-corrected chi connectivity index (χ4v) is 2.82. The second-order valence-corrected chi connectivity index (χ2v) is 7.26. The Morgan fingerprint density at radius 1 is 1.57 bits per heavy atom. The predicted octanol–water partition coefficient (Wildman–Crippen LogP) is 4.18. The molecule has 0 aliphatic heterocycles. The van der Waals surface area contributed by atoms with Crippen LogP contribution >= 0.6 is 15.9 Å². The molecule has 0 atom stereocenters. The van der Waals surface area contributed by atoms with E-state index >= 15 is 0 Å². The lowest BCUT2D eigenvalue weighted by Gasteiger charge is -2.44. The standard InChI is InChI=1S/C14H17BrFN5O2/c1-13(2,3)23-12(22)18-8-6-14(7-8,20-21-17)9-4-5-10(15)19-11(9)16/h4-5,8H,6-7H2,1-3H3,(H,18,22). The molecule has 0 unspecified atom stereocenters. The van der Waals surface area contributed by atoms with E-state index < -0.39 is 23.2 Å². The van der Waals surface area contributed by atoms with Crippen molar-refractivity contribution >= 4 is 22.0 Å². The summed E-state index contributed by atoms with van der Waals surface area (Å²) in [6.45, 7) is 5.29. The summed E-state index contributed by atoms with van der Waals surface area (Å²) in [5.41, 5.74) is 7.38. The van der Waals surface area contributed by atoms with Crippen LogP contribution in [0.2, 0.25) is 0 Å². The second kappa shape index (κ2) is 6.33. The Labute approximate surface area is 141 Å². The molecule has 0 spiro atoms. The zero-order chi connectivity index (χ0) is 17.3. The lowest BCUT2D eigenvalue weighted by molar-refractivity contribution is 0.0431. The van der Waals surface area contributed by atoms with Crippen LogP contribution in [0.15, 0.2) is 21.9 Å². The van der Waals surface area contributed by atoms with Crippen LogP contribution in [-0.2, 0) is 10.3 Å². The largest absolute Gasteiger partial charge is 0.444 e. The molecule has 0 radical (unpaired) electrons. The minimum Gasteiger partial charge on any atom is -0.444 e. The van der Waals surface area contributed by atoms with Gasteiger partial charge in [0.25, 0.3) is 0 Å². The molecule has 1 aromatic heterocycles. The first-order valence-electron chi connectivity index (χ1n) is 7.03. The fourth-order valence-electron chi connectivity index (χ4n) is 2.53. The van der Waals surface area contributed by atoms with Crippen molar-refractivity contribution in [1.29, 1.82) is 0 Å². The first-order valence-corrected chi connectivity index (χ1v) is 7.83. The van der Waals surface area contributed by atoms with E-state index in [1.165, 1.54) is 6.07 Å². The van der Waals surface area contributed by atoms with Gasteiger partial charge in [0.05, 0.1) is 5.54 Å². The number of azide groups is 1. The molecule has 2 rings (SSSR count). The van der Waals surface area contributed by atoms with Crippen LogP contribution in [0.25, 0.3) is 10.4 Å². The molecular weight excluding hydrogens is 369 g/mol. The third-order valence-electron chi connectivity index (χ3n) is 3.44. The van der Waals surface area contributed by atoms with E-state index in [0.717, 1.165) is 0 Å². The van der Waals surface area contributed by atoms with Crippen LogP contribution in [0, 0.1) is 5.95 Å². The molecule has 0 aromatic carbocycles. The number of pyridine rings is 1. The molecule has 0 bridgehead atoms. The minimum absolute atomic E-state index is 0.223. The molecule has 1 heterocycles. The molecule has 1 saturated carbocycles. The maximum atomic E-state index is 14.1. The third kappa shape index (κ3) is 4.11. The molecule has 1 aliphatic carbocycles. The number of alkyl carbamates (subject to hydrolysis) is 1. The van der Waals surface area contributed by atoms with Crippen molar-refractivity contribution in [3.8, 4) is 0 Å². The molecule has 1 aromatic rings. The van der Waals surface area contributed by atoms with Crippen molar-refractivity contribution in [2.75, 3.05) is 0 Å². The highest BCUT2D eigenvalue weighted by atomic mass is 79.9. The van der Waals surface area contributed by atoms with Crippen molar-refractivity contribution < 1.29 is 13.9 Å². The molecule has 7 nitrogen and oxygen atoms in total. The maximum Gasteiger partial charge on any atom is 0.407 e. The van der Waals surface area contributed by atoms with Crippen molar-refractivity contribution in [2.45, 2.75) is 50.8 Å². The topological polar surface area (TPSA) is 100.0 Å². The number of rotatable bonds is 3. The van der Waals surface area contributed by atoms with Gasteiger partial charge in [0.15, 0.2) is 0 Å². The van der Waals surface area contributed by atoms with Crippen molar-refractivity contribution in [3.63, 3.8) is 0 Å². The van der Waals surface area contributed by atoms with Gasteiger partial charge in [-0.2, -0.15) is 4.39 Å². The second-order valence-electron chi connectivity index (χ2n) is 6.44. The summed E-state index contributed by atoms with van der Waals surface area (Å²) in [6, 6.07) is 2.87. The molecular formula is C14H17BrFN5O2. The van der Waals surface area contributed by atoms with Gasteiger partial charge >= 0.3 is 6.09 Å². The molecule has 1 N–H and O–H groups in total. The van der Waals surface area contributed by atoms with E-state index in [1.54, 1.807) is 26.8 Å². The summed E-state index contributed by atoms with van der Waals surface area (Å²) in [6.07, 6.45) is 0.0269. The van der Waals surface area contributed by atoms with Crippen LogP contribution in [0.4, 0.5) is 9.18 Å².